The lowest BCUT2D eigenvalue weighted by Gasteiger charge is -2.08. The van der Waals surface area contributed by atoms with Gasteiger partial charge in [0.15, 0.2) is 0 Å². The molecule has 0 aliphatic rings. The van der Waals surface area contributed by atoms with E-state index in [2.05, 4.69) is 0 Å². The normalized spacial score (nSPS) is 11.4. The first-order chi connectivity index (χ1) is 11.6. The summed E-state index contributed by atoms with van der Waals surface area (Å²) in [6, 6.07) is 8.00. The van der Waals surface area contributed by atoms with Crippen LogP contribution < -0.4 is 4.74 Å². The van der Waals surface area contributed by atoms with Crippen LogP contribution in [0.2, 0.25) is 0 Å². The third kappa shape index (κ3) is 10.0. The zero-order valence-corrected chi connectivity index (χ0v) is 14.9. The van der Waals surface area contributed by atoms with Gasteiger partial charge >= 0.3 is 5.97 Å². The number of esters is 1. The van der Waals surface area contributed by atoms with E-state index in [9.17, 15) is 4.79 Å². The lowest BCUT2D eigenvalue weighted by molar-refractivity contribution is -0.136. The summed E-state index contributed by atoms with van der Waals surface area (Å²) in [7, 11) is 0. The maximum absolute atomic E-state index is 10.8. The molecule has 0 radical (unpaired) electrons. The van der Waals surface area contributed by atoms with Crippen molar-refractivity contribution in [2.75, 3.05) is 33.0 Å². The van der Waals surface area contributed by atoms with Gasteiger partial charge in [-0.15, -0.1) is 0 Å². The number of carbonyl (C=O) groups excluding carboxylic acids is 1. The van der Waals surface area contributed by atoms with Gasteiger partial charge in [-0.05, 0) is 50.5 Å². The van der Waals surface area contributed by atoms with Crippen LogP contribution >= 0.6 is 0 Å². The van der Waals surface area contributed by atoms with Gasteiger partial charge < -0.3 is 18.9 Å². The summed E-state index contributed by atoms with van der Waals surface area (Å²) in [6.07, 6.45) is 3.64. The Bertz CT molecular complexity index is 493. The highest BCUT2D eigenvalue weighted by molar-refractivity contribution is 5.67. The number of carbonyl (C=O) groups is 1. The summed E-state index contributed by atoms with van der Waals surface area (Å²) in [5.74, 6) is 1.19. The van der Waals surface area contributed by atoms with Gasteiger partial charge in [0.25, 0.3) is 0 Å². The predicted molar refractivity (Wildman–Crippen MR) is 93.1 cm³/mol. The molecule has 0 aliphatic heterocycles. The minimum Gasteiger partial charge on any atom is -0.491 e. The Morgan fingerprint density at radius 2 is 1.67 bits per heavy atom. The van der Waals surface area contributed by atoms with E-state index >= 15 is 0 Å². The van der Waals surface area contributed by atoms with Crippen LogP contribution in [0.4, 0.5) is 0 Å². The molecular weight excluding hydrogens is 308 g/mol. The lowest BCUT2D eigenvalue weighted by Crippen LogP contribution is -2.10. The molecule has 1 aromatic carbocycles. The zero-order valence-electron chi connectivity index (χ0n) is 14.9. The van der Waals surface area contributed by atoms with Crippen molar-refractivity contribution < 1.29 is 23.7 Å². The zero-order chi connectivity index (χ0) is 17.6. The fourth-order valence-corrected chi connectivity index (χ4v) is 2.05. The van der Waals surface area contributed by atoms with Crippen LogP contribution in [0.1, 0.15) is 32.8 Å². The van der Waals surface area contributed by atoms with Crippen LogP contribution in [0.25, 0.3) is 0 Å². The van der Waals surface area contributed by atoms with E-state index in [1.807, 2.05) is 37.3 Å². The van der Waals surface area contributed by atoms with Gasteiger partial charge in [-0.25, -0.2) is 0 Å². The molecule has 0 heterocycles. The topological polar surface area (TPSA) is 54.0 Å². The van der Waals surface area contributed by atoms with Gasteiger partial charge in [0.05, 0.1) is 19.8 Å². The smallest absolute Gasteiger partial charge is 0.307 e. The van der Waals surface area contributed by atoms with Gasteiger partial charge in [-0.1, -0.05) is 12.1 Å². The molecule has 0 unspecified atom stereocenters. The fraction of sp³-hybridized carbons (Fsp3) is 0.526. The Morgan fingerprint density at radius 3 is 2.33 bits per heavy atom. The summed E-state index contributed by atoms with van der Waals surface area (Å²) < 4.78 is 21.2. The Morgan fingerprint density at radius 1 is 1.00 bits per heavy atom. The van der Waals surface area contributed by atoms with Crippen molar-refractivity contribution >= 4 is 5.97 Å². The SMILES string of the molecule is CCOCCOCCOc1ccc(CC/C=C(/C)OC(C)=O)cc1. The second kappa shape index (κ2) is 12.6. The molecule has 1 rings (SSSR count). The highest BCUT2D eigenvalue weighted by atomic mass is 16.5. The molecule has 0 aliphatic carbocycles. The van der Waals surface area contributed by atoms with Crippen molar-refractivity contribution in [1.29, 1.82) is 0 Å². The molecular formula is C19H28O5. The number of hydrogen-bond acceptors (Lipinski definition) is 5. The van der Waals surface area contributed by atoms with E-state index < -0.39 is 0 Å². The standard InChI is InChI=1S/C19H28O5/c1-4-21-12-13-22-14-15-23-19-10-8-18(9-11-19)7-5-6-16(2)24-17(3)20/h6,8-11H,4-5,7,12-15H2,1-3H3/b16-6-. The third-order valence-corrected chi connectivity index (χ3v) is 3.17. The predicted octanol–water partition coefficient (Wildman–Crippen LogP) is 3.52. The summed E-state index contributed by atoms with van der Waals surface area (Å²) in [5.41, 5.74) is 1.21. The molecule has 0 bridgehead atoms. The first-order valence-corrected chi connectivity index (χ1v) is 8.34. The van der Waals surface area contributed by atoms with Crippen LogP contribution in [-0.4, -0.2) is 39.0 Å². The van der Waals surface area contributed by atoms with Crippen molar-refractivity contribution in [1.82, 2.24) is 0 Å². The van der Waals surface area contributed by atoms with E-state index in [0.717, 1.165) is 18.6 Å². The maximum atomic E-state index is 10.8. The quantitative estimate of drug-likeness (QED) is 0.332. The van der Waals surface area contributed by atoms with E-state index in [1.165, 1.54) is 12.5 Å². The molecule has 0 aromatic heterocycles. The van der Waals surface area contributed by atoms with E-state index in [-0.39, 0.29) is 5.97 Å². The Hall–Kier alpha value is -1.85. The molecule has 5 nitrogen and oxygen atoms in total. The molecule has 0 N–H and O–H groups in total. The van der Waals surface area contributed by atoms with Gasteiger partial charge in [0.1, 0.15) is 18.1 Å². The highest BCUT2D eigenvalue weighted by Crippen LogP contribution is 2.14. The fourth-order valence-electron chi connectivity index (χ4n) is 2.05. The Balaban J connectivity index is 2.20. The average molecular weight is 336 g/mol. The highest BCUT2D eigenvalue weighted by Gasteiger charge is 1.98. The Labute approximate surface area is 144 Å². The number of benzene rings is 1. The summed E-state index contributed by atoms with van der Waals surface area (Å²) >= 11 is 0. The second-order valence-corrected chi connectivity index (χ2v) is 5.25. The second-order valence-electron chi connectivity index (χ2n) is 5.25. The number of ether oxygens (including phenoxy) is 4. The molecule has 0 saturated heterocycles. The minimum atomic E-state index is -0.285. The van der Waals surface area contributed by atoms with Crippen molar-refractivity contribution in [2.24, 2.45) is 0 Å². The van der Waals surface area contributed by atoms with Gasteiger partial charge in [0, 0.05) is 13.5 Å². The molecule has 0 amide bonds. The molecule has 1 aromatic rings. The average Bonchev–Trinajstić information content (AvgIpc) is 2.55. The van der Waals surface area contributed by atoms with Crippen LogP contribution in [0, 0.1) is 0 Å². The first-order valence-electron chi connectivity index (χ1n) is 8.34. The summed E-state index contributed by atoms with van der Waals surface area (Å²) in [6.45, 7) is 8.15. The Kier molecular flexibility index (Phi) is 10.6. The lowest BCUT2D eigenvalue weighted by atomic mass is 10.1. The van der Waals surface area contributed by atoms with Crippen LogP contribution in [0.5, 0.6) is 5.75 Å². The van der Waals surface area contributed by atoms with Crippen LogP contribution in [-0.2, 0) is 25.4 Å². The molecule has 0 saturated carbocycles. The number of rotatable bonds is 12. The molecule has 5 heteroatoms. The molecule has 24 heavy (non-hydrogen) atoms. The monoisotopic (exact) mass is 336 g/mol. The molecule has 0 spiro atoms. The van der Waals surface area contributed by atoms with Gasteiger partial charge in [-0.2, -0.15) is 0 Å². The maximum Gasteiger partial charge on any atom is 0.307 e. The molecule has 0 atom stereocenters. The van der Waals surface area contributed by atoms with Crippen molar-refractivity contribution in [3.8, 4) is 5.75 Å². The van der Waals surface area contributed by atoms with Crippen molar-refractivity contribution in [3.63, 3.8) is 0 Å². The first kappa shape index (κ1) is 20.2. The number of hydrogen-bond donors (Lipinski definition) is 0. The van der Waals surface area contributed by atoms with E-state index in [1.54, 1.807) is 6.92 Å². The number of aryl methyl sites for hydroxylation is 1. The summed E-state index contributed by atoms with van der Waals surface area (Å²) in [4.78, 5) is 10.8. The van der Waals surface area contributed by atoms with Crippen molar-refractivity contribution in [3.05, 3.63) is 41.7 Å². The van der Waals surface area contributed by atoms with Gasteiger partial charge in [-0.3, -0.25) is 4.79 Å². The minimum absolute atomic E-state index is 0.285. The largest absolute Gasteiger partial charge is 0.491 e. The number of allylic oxidation sites excluding steroid dienone is 2. The van der Waals surface area contributed by atoms with Crippen LogP contribution in [0.3, 0.4) is 0 Å². The molecule has 0 fully saturated rings. The van der Waals surface area contributed by atoms with Crippen LogP contribution in [0.15, 0.2) is 36.1 Å². The van der Waals surface area contributed by atoms with E-state index in [4.69, 9.17) is 18.9 Å². The molecule has 134 valence electrons. The third-order valence-electron chi connectivity index (χ3n) is 3.17. The summed E-state index contributed by atoms with van der Waals surface area (Å²) in [5, 5.41) is 0. The van der Waals surface area contributed by atoms with Gasteiger partial charge in [0.2, 0.25) is 0 Å². The van der Waals surface area contributed by atoms with Crippen molar-refractivity contribution in [2.45, 2.75) is 33.6 Å². The van der Waals surface area contributed by atoms with E-state index in [0.29, 0.717) is 38.8 Å².